The summed E-state index contributed by atoms with van der Waals surface area (Å²) in [5, 5.41) is 2.52. The van der Waals surface area contributed by atoms with Gasteiger partial charge in [-0.25, -0.2) is 4.98 Å². The topological polar surface area (TPSA) is 91.2 Å². The molecule has 2 aromatic rings. The molecule has 0 atom stereocenters. The first-order valence-corrected chi connectivity index (χ1v) is 5.25. The highest BCUT2D eigenvalue weighted by Crippen LogP contribution is 2.04. The summed E-state index contributed by atoms with van der Waals surface area (Å²) in [6.45, 7) is -0.0831. The minimum atomic E-state index is -0.352. The number of carbonyl (C=O) groups excluding carboxylic acids is 2. The van der Waals surface area contributed by atoms with Gasteiger partial charge in [-0.15, -0.1) is 0 Å². The van der Waals surface area contributed by atoms with E-state index in [9.17, 15) is 9.59 Å². The molecule has 0 fully saturated rings. The van der Waals surface area contributed by atoms with Gasteiger partial charge in [0.05, 0.1) is 6.26 Å². The van der Waals surface area contributed by atoms with Crippen LogP contribution >= 0.6 is 0 Å². The number of furan rings is 1. The summed E-state index contributed by atoms with van der Waals surface area (Å²) in [4.78, 5) is 31.2. The molecule has 7 heteroatoms. The van der Waals surface area contributed by atoms with Crippen LogP contribution in [0.5, 0.6) is 0 Å². The first-order valence-electron chi connectivity index (χ1n) is 5.25. The Morgan fingerprint density at radius 3 is 3.00 bits per heavy atom. The molecule has 0 aliphatic heterocycles. The number of imidazole rings is 1. The van der Waals surface area contributed by atoms with Gasteiger partial charge in [-0.2, -0.15) is 0 Å². The van der Waals surface area contributed by atoms with E-state index in [1.54, 1.807) is 18.3 Å². The maximum Gasteiger partial charge on any atom is 0.289 e. The van der Waals surface area contributed by atoms with Gasteiger partial charge in [-0.3, -0.25) is 14.9 Å². The maximum atomic E-state index is 11.8. The number of hydrogen-bond donors (Lipinski definition) is 2. The number of rotatable bonds is 4. The molecule has 0 spiro atoms. The fraction of sp³-hybridized carbons (Fsp3) is 0.182. The van der Waals surface area contributed by atoms with E-state index >= 15 is 0 Å². The first-order chi connectivity index (χ1) is 8.66. The molecule has 0 saturated carbocycles. The van der Waals surface area contributed by atoms with Gasteiger partial charge in [-0.1, -0.05) is 0 Å². The summed E-state index contributed by atoms with van der Waals surface area (Å²) in [5.41, 5.74) is 0. The van der Waals surface area contributed by atoms with E-state index in [0.717, 1.165) is 0 Å². The van der Waals surface area contributed by atoms with E-state index in [4.69, 9.17) is 4.42 Å². The third kappa shape index (κ3) is 2.76. The largest absolute Gasteiger partial charge is 0.459 e. The second kappa shape index (κ2) is 5.17. The van der Waals surface area contributed by atoms with Crippen LogP contribution in [0, 0.1) is 0 Å². The zero-order valence-corrected chi connectivity index (χ0v) is 9.71. The molecule has 7 nitrogen and oxygen atoms in total. The SMILES string of the molecule is CN(CC(=O)Nc1ncc[nH]1)C(=O)c1ccco1. The summed E-state index contributed by atoms with van der Waals surface area (Å²) in [5.74, 6) is -0.149. The Hall–Kier alpha value is -2.57. The molecule has 0 radical (unpaired) electrons. The smallest absolute Gasteiger partial charge is 0.289 e. The second-order valence-electron chi connectivity index (χ2n) is 3.62. The minimum absolute atomic E-state index is 0.0831. The third-order valence-electron chi connectivity index (χ3n) is 2.22. The molecular formula is C11H12N4O3. The van der Waals surface area contributed by atoms with Crippen molar-refractivity contribution in [1.82, 2.24) is 14.9 Å². The van der Waals surface area contributed by atoms with Crippen LogP contribution in [0.3, 0.4) is 0 Å². The summed E-state index contributed by atoms with van der Waals surface area (Å²) in [6, 6.07) is 3.16. The van der Waals surface area contributed by atoms with Crippen molar-refractivity contribution in [3.05, 3.63) is 36.5 Å². The number of H-pyrrole nitrogens is 1. The van der Waals surface area contributed by atoms with Gasteiger partial charge in [-0.05, 0) is 12.1 Å². The molecule has 0 unspecified atom stereocenters. The molecule has 2 amide bonds. The van der Waals surface area contributed by atoms with Gasteiger partial charge in [0, 0.05) is 19.4 Å². The van der Waals surface area contributed by atoms with Gasteiger partial charge in [0.1, 0.15) is 6.54 Å². The number of nitrogens with zero attached hydrogens (tertiary/aromatic N) is 2. The van der Waals surface area contributed by atoms with Crippen LogP contribution in [0.4, 0.5) is 5.95 Å². The van der Waals surface area contributed by atoms with E-state index in [1.807, 2.05) is 0 Å². The van der Waals surface area contributed by atoms with Crippen molar-refractivity contribution in [2.45, 2.75) is 0 Å². The highest BCUT2D eigenvalue weighted by atomic mass is 16.3. The van der Waals surface area contributed by atoms with Crippen LogP contribution in [0.15, 0.2) is 35.2 Å². The van der Waals surface area contributed by atoms with E-state index in [1.165, 1.54) is 24.4 Å². The zero-order chi connectivity index (χ0) is 13.0. The molecule has 2 heterocycles. The van der Waals surface area contributed by atoms with Crippen molar-refractivity contribution in [2.75, 3.05) is 18.9 Å². The van der Waals surface area contributed by atoms with Crippen LogP contribution in [0.1, 0.15) is 10.6 Å². The summed E-state index contributed by atoms with van der Waals surface area (Å²) in [6.07, 6.45) is 4.52. The van der Waals surface area contributed by atoms with Gasteiger partial charge >= 0.3 is 0 Å². The Kier molecular flexibility index (Phi) is 3.42. The number of aromatic amines is 1. The molecule has 94 valence electrons. The van der Waals surface area contributed by atoms with Crippen LogP contribution in [0.2, 0.25) is 0 Å². The number of aromatic nitrogens is 2. The number of carbonyl (C=O) groups is 2. The molecule has 0 aromatic carbocycles. The quantitative estimate of drug-likeness (QED) is 0.833. The van der Waals surface area contributed by atoms with Crippen molar-refractivity contribution in [3.8, 4) is 0 Å². The van der Waals surface area contributed by atoms with Crippen molar-refractivity contribution in [2.24, 2.45) is 0 Å². The van der Waals surface area contributed by atoms with Crippen molar-refractivity contribution >= 4 is 17.8 Å². The molecule has 2 rings (SSSR count). The van der Waals surface area contributed by atoms with Crippen molar-refractivity contribution < 1.29 is 14.0 Å². The number of nitrogens with one attached hydrogen (secondary N) is 2. The molecule has 0 bridgehead atoms. The Labute approximate surface area is 103 Å². The molecule has 2 aromatic heterocycles. The number of hydrogen-bond acceptors (Lipinski definition) is 4. The Balaban J connectivity index is 1.89. The van der Waals surface area contributed by atoms with E-state index in [2.05, 4.69) is 15.3 Å². The van der Waals surface area contributed by atoms with Crippen LogP contribution in [-0.2, 0) is 4.79 Å². The Bertz CT molecular complexity index is 518. The average Bonchev–Trinajstić information content (AvgIpc) is 2.99. The Morgan fingerprint density at radius 1 is 1.56 bits per heavy atom. The minimum Gasteiger partial charge on any atom is -0.459 e. The Morgan fingerprint density at radius 2 is 2.39 bits per heavy atom. The first kappa shape index (κ1) is 11.9. The monoisotopic (exact) mass is 248 g/mol. The van der Waals surface area contributed by atoms with Crippen LogP contribution in [-0.4, -0.2) is 40.3 Å². The van der Waals surface area contributed by atoms with Gasteiger partial charge in [0.15, 0.2) is 5.76 Å². The lowest BCUT2D eigenvalue weighted by atomic mass is 10.4. The van der Waals surface area contributed by atoms with Crippen LogP contribution in [0.25, 0.3) is 0 Å². The lowest BCUT2D eigenvalue weighted by molar-refractivity contribution is -0.116. The third-order valence-corrected chi connectivity index (χ3v) is 2.22. The molecule has 2 N–H and O–H groups in total. The van der Waals surface area contributed by atoms with Gasteiger partial charge in [0.2, 0.25) is 11.9 Å². The predicted molar refractivity (Wildman–Crippen MR) is 62.9 cm³/mol. The predicted octanol–water partition coefficient (Wildman–Crippen LogP) is 0.713. The van der Waals surface area contributed by atoms with Gasteiger partial charge < -0.3 is 14.3 Å². The standard InChI is InChI=1S/C11H12N4O3/c1-15(10(17)8-3-2-6-18-8)7-9(16)14-11-12-4-5-13-11/h2-6H,7H2,1H3,(H2,12,13,14,16). The van der Waals surface area contributed by atoms with Crippen LogP contribution < -0.4 is 5.32 Å². The number of amides is 2. The summed E-state index contributed by atoms with van der Waals surface area (Å²) >= 11 is 0. The second-order valence-corrected chi connectivity index (χ2v) is 3.62. The average molecular weight is 248 g/mol. The van der Waals surface area contributed by atoms with Gasteiger partial charge in [0.25, 0.3) is 5.91 Å². The highest BCUT2D eigenvalue weighted by Gasteiger charge is 2.17. The highest BCUT2D eigenvalue weighted by molar-refractivity contribution is 5.97. The van der Waals surface area contributed by atoms with E-state index < -0.39 is 0 Å². The summed E-state index contributed by atoms with van der Waals surface area (Å²) in [7, 11) is 1.52. The van der Waals surface area contributed by atoms with Crippen molar-refractivity contribution in [3.63, 3.8) is 0 Å². The lowest BCUT2D eigenvalue weighted by Crippen LogP contribution is -2.34. The van der Waals surface area contributed by atoms with E-state index in [0.29, 0.717) is 5.95 Å². The normalized spacial score (nSPS) is 10.1. The molecule has 0 saturated heterocycles. The molecule has 0 aliphatic carbocycles. The fourth-order valence-electron chi connectivity index (χ4n) is 1.38. The molecule has 0 aliphatic rings. The fourth-order valence-corrected chi connectivity index (χ4v) is 1.38. The number of likely N-dealkylation sites (N-methyl/N-ethyl adjacent to an activating group) is 1. The summed E-state index contributed by atoms with van der Waals surface area (Å²) < 4.78 is 4.96. The maximum absolute atomic E-state index is 11.8. The zero-order valence-electron chi connectivity index (χ0n) is 9.71. The van der Waals surface area contributed by atoms with E-state index in [-0.39, 0.29) is 24.1 Å². The van der Waals surface area contributed by atoms with Crippen molar-refractivity contribution in [1.29, 1.82) is 0 Å². The molecular weight excluding hydrogens is 236 g/mol. The lowest BCUT2D eigenvalue weighted by Gasteiger charge is -2.14. The molecule has 18 heavy (non-hydrogen) atoms. The number of anilines is 1.